The topological polar surface area (TPSA) is 59.3 Å². The normalized spacial score (nSPS) is 19.8. The first kappa shape index (κ1) is 23.7. The number of imidazole rings is 1. The van der Waals surface area contributed by atoms with Crippen molar-refractivity contribution in [2.24, 2.45) is 0 Å². The van der Waals surface area contributed by atoms with Crippen molar-refractivity contribution in [1.82, 2.24) is 24.4 Å². The fourth-order valence-electron chi connectivity index (χ4n) is 4.49. The second-order valence-corrected chi connectivity index (χ2v) is 8.42. The number of hydrogen-bond donors (Lipinski definition) is 0. The van der Waals surface area contributed by atoms with Crippen LogP contribution in [0.4, 0.5) is 19.0 Å². The van der Waals surface area contributed by atoms with Crippen LogP contribution >= 0.6 is 12.4 Å². The Kier molecular flexibility index (Phi) is 6.52. The predicted molar refractivity (Wildman–Crippen MR) is 122 cm³/mol. The van der Waals surface area contributed by atoms with E-state index in [9.17, 15) is 13.2 Å². The first-order chi connectivity index (χ1) is 15.3. The minimum atomic E-state index is -4.49. The van der Waals surface area contributed by atoms with Crippen molar-refractivity contribution in [2.45, 2.75) is 25.6 Å². The molecule has 1 atom stereocenters. The van der Waals surface area contributed by atoms with Crippen molar-refractivity contribution in [3.8, 4) is 11.4 Å². The molecule has 7 nitrogen and oxygen atoms in total. The number of likely N-dealkylation sites (N-methyl/N-ethyl adjacent to an activating group) is 1. The number of aromatic nitrogens is 4. The molecule has 2 aromatic heterocycles. The van der Waals surface area contributed by atoms with Gasteiger partial charge in [0.2, 0.25) is 0 Å². The minimum Gasteiger partial charge on any atom is -0.379 e. The third-order valence-electron chi connectivity index (χ3n) is 6.18. The summed E-state index contributed by atoms with van der Waals surface area (Å²) < 4.78 is 49.0. The number of benzene rings is 1. The van der Waals surface area contributed by atoms with Crippen molar-refractivity contribution in [3.05, 3.63) is 35.7 Å². The molecule has 2 aliphatic rings. The number of rotatable bonds is 3. The quantitative estimate of drug-likeness (QED) is 0.563. The number of halogens is 4. The van der Waals surface area contributed by atoms with Gasteiger partial charge in [0.25, 0.3) is 0 Å². The lowest BCUT2D eigenvalue weighted by atomic mass is 10.1. The first-order valence-corrected chi connectivity index (χ1v) is 10.8. The van der Waals surface area contributed by atoms with Crippen LogP contribution in [-0.2, 0) is 10.9 Å². The van der Waals surface area contributed by atoms with Gasteiger partial charge in [-0.1, -0.05) is 18.2 Å². The van der Waals surface area contributed by atoms with Crippen LogP contribution in [0.1, 0.15) is 23.9 Å². The Bertz CT molecular complexity index is 1140. The van der Waals surface area contributed by atoms with Crippen LogP contribution in [0.2, 0.25) is 0 Å². The fourth-order valence-corrected chi connectivity index (χ4v) is 4.49. The zero-order chi connectivity index (χ0) is 22.5. The average molecular weight is 483 g/mol. The van der Waals surface area contributed by atoms with Gasteiger partial charge in [0.15, 0.2) is 17.0 Å². The number of piperazine rings is 1. The molecule has 2 fully saturated rings. The van der Waals surface area contributed by atoms with Gasteiger partial charge in [-0.3, -0.25) is 0 Å². The molecule has 33 heavy (non-hydrogen) atoms. The van der Waals surface area contributed by atoms with Gasteiger partial charge in [-0.2, -0.15) is 13.2 Å². The molecular weight excluding hydrogens is 457 g/mol. The highest BCUT2D eigenvalue weighted by molar-refractivity contribution is 5.88. The van der Waals surface area contributed by atoms with E-state index in [2.05, 4.69) is 26.8 Å². The van der Waals surface area contributed by atoms with E-state index in [0.717, 1.165) is 32.2 Å². The predicted octanol–water partition coefficient (Wildman–Crippen LogP) is 3.96. The molecule has 0 N–H and O–H groups in total. The van der Waals surface area contributed by atoms with E-state index in [1.54, 1.807) is 6.07 Å². The summed E-state index contributed by atoms with van der Waals surface area (Å²) in [7, 11) is 2.07. The number of nitrogens with zero attached hydrogens (tertiary/aromatic N) is 6. The van der Waals surface area contributed by atoms with Gasteiger partial charge in [-0.15, -0.1) is 12.4 Å². The summed E-state index contributed by atoms with van der Waals surface area (Å²) >= 11 is 0. The Morgan fingerprint density at radius 1 is 1.03 bits per heavy atom. The van der Waals surface area contributed by atoms with Gasteiger partial charge >= 0.3 is 6.18 Å². The lowest BCUT2D eigenvalue weighted by molar-refractivity contribution is -0.137. The molecule has 0 unspecified atom stereocenters. The first-order valence-electron chi connectivity index (χ1n) is 10.8. The summed E-state index contributed by atoms with van der Waals surface area (Å²) in [5.41, 5.74) is 0.445. The number of alkyl halides is 3. The highest BCUT2D eigenvalue weighted by Crippen LogP contribution is 2.40. The van der Waals surface area contributed by atoms with E-state index in [-0.39, 0.29) is 29.8 Å². The van der Waals surface area contributed by atoms with Gasteiger partial charge in [0.1, 0.15) is 11.6 Å². The van der Waals surface area contributed by atoms with Crippen molar-refractivity contribution >= 4 is 29.4 Å². The average Bonchev–Trinajstić information content (AvgIpc) is 3.40. The molecule has 0 spiro atoms. The maximum absolute atomic E-state index is 13.9. The van der Waals surface area contributed by atoms with Gasteiger partial charge in [0.05, 0.1) is 18.2 Å². The van der Waals surface area contributed by atoms with Crippen LogP contribution in [-0.4, -0.2) is 70.9 Å². The molecule has 2 aliphatic heterocycles. The lowest BCUT2D eigenvalue weighted by Gasteiger charge is -2.33. The standard InChI is InChI=1S/C22H25F3N6O.ClH/c1-14-26-20(30-10-8-29(2)9-11-30)18-21(27-14)31(15-7-12-32-13-15)19(28-18)16-5-3-4-6-17(16)22(23,24)25;/h3-6,15H,7-13H2,1-2H3;1H/t15-;/m1./s1. The molecule has 0 bridgehead atoms. The Morgan fingerprint density at radius 2 is 1.76 bits per heavy atom. The van der Waals surface area contributed by atoms with Crippen LogP contribution in [0.15, 0.2) is 24.3 Å². The molecule has 0 aliphatic carbocycles. The Balaban J connectivity index is 0.00000259. The monoisotopic (exact) mass is 482 g/mol. The summed E-state index contributed by atoms with van der Waals surface area (Å²) in [6, 6.07) is 5.45. The van der Waals surface area contributed by atoms with E-state index in [0.29, 0.717) is 42.4 Å². The second kappa shape index (κ2) is 9.08. The Hall–Kier alpha value is -2.43. The minimum absolute atomic E-state index is 0. The van der Waals surface area contributed by atoms with Crippen molar-refractivity contribution < 1.29 is 17.9 Å². The van der Waals surface area contributed by atoms with Crippen LogP contribution in [0, 0.1) is 6.92 Å². The highest BCUT2D eigenvalue weighted by atomic mass is 35.5. The zero-order valence-corrected chi connectivity index (χ0v) is 19.3. The molecule has 0 radical (unpaired) electrons. The van der Waals surface area contributed by atoms with Crippen LogP contribution < -0.4 is 4.90 Å². The van der Waals surface area contributed by atoms with Gasteiger partial charge < -0.3 is 19.1 Å². The smallest absolute Gasteiger partial charge is 0.379 e. The summed E-state index contributed by atoms with van der Waals surface area (Å²) in [6.07, 6.45) is -3.80. The molecule has 3 aromatic rings. The summed E-state index contributed by atoms with van der Waals surface area (Å²) in [5, 5.41) is 0. The van der Waals surface area contributed by atoms with Crippen LogP contribution in [0.5, 0.6) is 0 Å². The molecule has 0 amide bonds. The van der Waals surface area contributed by atoms with Crippen molar-refractivity contribution in [2.75, 3.05) is 51.3 Å². The Morgan fingerprint density at radius 3 is 2.42 bits per heavy atom. The summed E-state index contributed by atoms with van der Waals surface area (Å²) in [5.74, 6) is 1.52. The van der Waals surface area contributed by atoms with E-state index >= 15 is 0 Å². The van der Waals surface area contributed by atoms with Gasteiger partial charge in [0, 0.05) is 38.3 Å². The molecule has 1 aromatic carbocycles. The van der Waals surface area contributed by atoms with Gasteiger partial charge in [-0.05, 0) is 26.5 Å². The van der Waals surface area contributed by atoms with E-state index in [1.165, 1.54) is 12.1 Å². The maximum Gasteiger partial charge on any atom is 0.417 e. The third-order valence-corrected chi connectivity index (χ3v) is 6.18. The zero-order valence-electron chi connectivity index (χ0n) is 18.5. The molecule has 5 rings (SSSR count). The van der Waals surface area contributed by atoms with E-state index < -0.39 is 11.7 Å². The summed E-state index contributed by atoms with van der Waals surface area (Å²) in [6.45, 7) is 6.09. The number of aryl methyl sites for hydroxylation is 1. The number of ether oxygens (including phenoxy) is 1. The van der Waals surface area contributed by atoms with E-state index in [1.807, 2.05) is 11.5 Å². The number of fused-ring (bicyclic) bond motifs is 1. The lowest BCUT2D eigenvalue weighted by Crippen LogP contribution is -2.45. The van der Waals surface area contributed by atoms with Crippen molar-refractivity contribution in [1.29, 1.82) is 0 Å². The Labute approximate surface area is 196 Å². The highest BCUT2D eigenvalue weighted by Gasteiger charge is 2.36. The van der Waals surface area contributed by atoms with Crippen LogP contribution in [0.25, 0.3) is 22.6 Å². The maximum atomic E-state index is 13.9. The van der Waals surface area contributed by atoms with E-state index in [4.69, 9.17) is 9.72 Å². The molecule has 178 valence electrons. The molecule has 2 saturated heterocycles. The SMILES string of the molecule is Cc1nc(N2CCN(C)CC2)c2nc(-c3ccccc3C(F)(F)F)n([C@@H]3CCOC3)c2n1.Cl. The number of anilines is 1. The fraction of sp³-hybridized carbons (Fsp3) is 0.500. The van der Waals surface area contributed by atoms with Gasteiger partial charge in [-0.25, -0.2) is 15.0 Å². The largest absolute Gasteiger partial charge is 0.417 e. The molecule has 0 saturated carbocycles. The molecular formula is C22H26ClF3N6O. The second-order valence-electron chi connectivity index (χ2n) is 8.42. The summed E-state index contributed by atoms with van der Waals surface area (Å²) in [4.78, 5) is 18.5. The van der Waals surface area contributed by atoms with Crippen LogP contribution in [0.3, 0.4) is 0 Å². The number of hydrogen-bond acceptors (Lipinski definition) is 6. The third kappa shape index (κ3) is 4.39. The molecule has 4 heterocycles. The van der Waals surface area contributed by atoms with Crippen molar-refractivity contribution in [3.63, 3.8) is 0 Å². The molecule has 11 heteroatoms.